The molecule has 1 aromatic carbocycles. The summed E-state index contributed by atoms with van der Waals surface area (Å²) >= 11 is 0. The van der Waals surface area contributed by atoms with Crippen LogP contribution in [-0.4, -0.2) is 26.4 Å². The van der Waals surface area contributed by atoms with Crippen molar-refractivity contribution < 1.29 is 22.6 Å². The molecule has 0 radical (unpaired) electrons. The number of rotatable bonds is 3. The van der Waals surface area contributed by atoms with Gasteiger partial charge in [-0.15, -0.1) is 0 Å². The largest absolute Gasteiger partial charge is 0.489 e. The minimum atomic E-state index is -4.22. The summed E-state index contributed by atoms with van der Waals surface area (Å²) in [7, 11) is 1.52. The summed E-state index contributed by atoms with van der Waals surface area (Å²) in [4.78, 5) is 0. The Labute approximate surface area is 116 Å². The molecule has 0 amide bonds. The van der Waals surface area contributed by atoms with Gasteiger partial charge < -0.3 is 14.8 Å². The first-order valence-electron chi connectivity index (χ1n) is 6.52. The molecule has 1 aliphatic rings. The molecule has 0 aromatic heterocycles. The standard InChI is InChI=1S/C14H18F3NO2/c1-9-7-19-12-4-3-10(5-13(12)20-8-9)11(18-2)6-14(15,16)17/h3-5,9,11,18H,6-8H2,1-2H3. The molecule has 2 atom stereocenters. The fourth-order valence-electron chi connectivity index (χ4n) is 2.10. The van der Waals surface area contributed by atoms with Gasteiger partial charge in [0, 0.05) is 12.0 Å². The molecular weight excluding hydrogens is 271 g/mol. The van der Waals surface area contributed by atoms with Crippen LogP contribution in [0.15, 0.2) is 18.2 Å². The summed E-state index contributed by atoms with van der Waals surface area (Å²) in [5.41, 5.74) is 0.543. The summed E-state index contributed by atoms with van der Waals surface area (Å²) in [5.74, 6) is 1.34. The highest BCUT2D eigenvalue weighted by molar-refractivity contribution is 5.44. The number of halogens is 3. The lowest BCUT2D eigenvalue weighted by Crippen LogP contribution is -2.23. The molecule has 0 aliphatic carbocycles. The van der Waals surface area contributed by atoms with Crippen molar-refractivity contribution in [2.24, 2.45) is 5.92 Å². The van der Waals surface area contributed by atoms with Gasteiger partial charge in [0.1, 0.15) is 0 Å². The number of alkyl halides is 3. The summed E-state index contributed by atoms with van der Waals surface area (Å²) in [6.45, 7) is 3.04. The third-order valence-corrected chi connectivity index (χ3v) is 3.20. The molecule has 0 bridgehead atoms. The predicted octanol–water partition coefficient (Wildman–Crippen LogP) is 3.31. The van der Waals surface area contributed by atoms with Crippen molar-refractivity contribution in [1.29, 1.82) is 0 Å². The maximum atomic E-state index is 12.5. The van der Waals surface area contributed by atoms with E-state index in [1.807, 2.05) is 6.92 Å². The summed E-state index contributed by atoms with van der Waals surface area (Å²) in [5, 5.41) is 2.69. The average molecular weight is 289 g/mol. The molecular formula is C14H18F3NO2. The van der Waals surface area contributed by atoms with Crippen LogP contribution >= 0.6 is 0 Å². The van der Waals surface area contributed by atoms with Gasteiger partial charge in [-0.1, -0.05) is 13.0 Å². The molecule has 6 heteroatoms. The zero-order chi connectivity index (χ0) is 14.8. The Morgan fingerprint density at radius 1 is 1.25 bits per heavy atom. The lowest BCUT2D eigenvalue weighted by atomic mass is 10.0. The van der Waals surface area contributed by atoms with Gasteiger partial charge in [0.2, 0.25) is 0 Å². The van der Waals surface area contributed by atoms with Crippen molar-refractivity contribution in [3.8, 4) is 11.5 Å². The summed E-state index contributed by atoms with van der Waals surface area (Å²) < 4.78 is 48.8. The van der Waals surface area contributed by atoms with Crippen molar-refractivity contribution in [1.82, 2.24) is 5.32 Å². The predicted molar refractivity (Wildman–Crippen MR) is 69.1 cm³/mol. The molecule has 0 fully saturated rings. The Balaban J connectivity index is 2.21. The second kappa shape index (κ2) is 5.91. The topological polar surface area (TPSA) is 30.5 Å². The quantitative estimate of drug-likeness (QED) is 0.926. The molecule has 1 aliphatic heterocycles. The van der Waals surface area contributed by atoms with Crippen molar-refractivity contribution in [3.63, 3.8) is 0 Å². The fraction of sp³-hybridized carbons (Fsp3) is 0.571. The van der Waals surface area contributed by atoms with Gasteiger partial charge in [-0.3, -0.25) is 0 Å². The van der Waals surface area contributed by atoms with Gasteiger partial charge in [0.05, 0.1) is 19.6 Å². The Morgan fingerprint density at radius 3 is 2.50 bits per heavy atom. The minimum Gasteiger partial charge on any atom is -0.489 e. The molecule has 1 aromatic rings. The zero-order valence-electron chi connectivity index (χ0n) is 11.5. The van der Waals surface area contributed by atoms with Crippen molar-refractivity contribution >= 4 is 0 Å². The molecule has 1 N–H and O–H groups in total. The molecule has 2 rings (SSSR count). The van der Waals surface area contributed by atoms with Gasteiger partial charge in [0.15, 0.2) is 11.5 Å². The number of ether oxygens (including phenoxy) is 2. The van der Waals surface area contributed by atoms with Gasteiger partial charge in [-0.25, -0.2) is 0 Å². The third-order valence-electron chi connectivity index (χ3n) is 3.20. The van der Waals surface area contributed by atoms with Crippen LogP contribution in [0.1, 0.15) is 24.9 Å². The smallest absolute Gasteiger partial charge is 0.390 e. The van der Waals surface area contributed by atoms with Crippen LogP contribution in [0.5, 0.6) is 11.5 Å². The Bertz CT molecular complexity index is 462. The molecule has 2 unspecified atom stereocenters. The molecule has 0 saturated carbocycles. The van der Waals surface area contributed by atoms with Gasteiger partial charge >= 0.3 is 6.18 Å². The Morgan fingerprint density at radius 2 is 1.90 bits per heavy atom. The van der Waals surface area contributed by atoms with E-state index >= 15 is 0 Å². The SMILES string of the molecule is CNC(CC(F)(F)F)c1ccc2c(c1)OCC(C)CO2. The summed E-state index contributed by atoms with van der Waals surface area (Å²) in [6, 6.07) is 4.15. The minimum absolute atomic E-state index is 0.251. The highest BCUT2D eigenvalue weighted by Gasteiger charge is 2.32. The van der Waals surface area contributed by atoms with Gasteiger partial charge in [-0.2, -0.15) is 13.2 Å². The van der Waals surface area contributed by atoms with Gasteiger partial charge in [-0.05, 0) is 24.7 Å². The molecule has 112 valence electrons. The number of nitrogens with one attached hydrogen (secondary N) is 1. The van der Waals surface area contributed by atoms with E-state index in [0.29, 0.717) is 30.3 Å². The van der Waals surface area contributed by atoms with Crippen LogP contribution in [-0.2, 0) is 0 Å². The van der Waals surface area contributed by atoms with Crippen LogP contribution in [0.4, 0.5) is 13.2 Å². The normalized spacial score (nSPS) is 20.4. The number of hydrogen-bond acceptors (Lipinski definition) is 3. The molecule has 3 nitrogen and oxygen atoms in total. The van der Waals surface area contributed by atoms with E-state index in [-0.39, 0.29) is 5.92 Å². The lowest BCUT2D eigenvalue weighted by Gasteiger charge is -2.19. The average Bonchev–Trinajstić information content (AvgIpc) is 2.57. The summed E-state index contributed by atoms with van der Waals surface area (Å²) in [6.07, 6.45) is -5.13. The first kappa shape index (κ1) is 15.0. The maximum Gasteiger partial charge on any atom is 0.390 e. The van der Waals surface area contributed by atoms with E-state index in [1.54, 1.807) is 18.2 Å². The second-order valence-electron chi connectivity index (χ2n) is 5.09. The van der Waals surface area contributed by atoms with E-state index < -0.39 is 18.6 Å². The second-order valence-corrected chi connectivity index (χ2v) is 5.09. The number of hydrogen-bond donors (Lipinski definition) is 1. The molecule has 0 spiro atoms. The van der Waals surface area contributed by atoms with E-state index in [9.17, 15) is 13.2 Å². The Hall–Kier alpha value is -1.43. The third kappa shape index (κ3) is 3.79. The van der Waals surface area contributed by atoms with Crippen LogP contribution in [0.25, 0.3) is 0 Å². The van der Waals surface area contributed by atoms with E-state index in [0.717, 1.165) is 0 Å². The fourth-order valence-corrected chi connectivity index (χ4v) is 2.10. The van der Waals surface area contributed by atoms with Crippen molar-refractivity contribution in [2.45, 2.75) is 25.6 Å². The van der Waals surface area contributed by atoms with Crippen LogP contribution in [0.3, 0.4) is 0 Å². The number of benzene rings is 1. The highest BCUT2D eigenvalue weighted by atomic mass is 19.4. The van der Waals surface area contributed by atoms with Gasteiger partial charge in [0.25, 0.3) is 0 Å². The van der Waals surface area contributed by atoms with Crippen molar-refractivity contribution in [3.05, 3.63) is 23.8 Å². The highest BCUT2D eigenvalue weighted by Crippen LogP contribution is 2.36. The Kier molecular flexibility index (Phi) is 4.42. The maximum absolute atomic E-state index is 12.5. The number of fused-ring (bicyclic) bond motifs is 1. The van der Waals surface area contributed by atoms with Crippen LogP contribution < -0.4 is 14.8 Å². The molecule has 0 saturated heterocycles. The van der Waals surface area contributed by atoms with Crippen LogP contribution in [0, 0.1) is 5.92 Å². The lowest BCUT2D eigenvalue weighted by molar-refractivity contribution is -0.140. The first-order valence-corrected chi connectivity index (χ1v) is 6.52. The van der Waals surface area contributed by atoms with Crippen LogP contribution in [0.2, 0.25) is 0 Å². The van der Waals surface area contributed by atoms with E-state index in [4.69, 9.17) is 9.47 Å². The van der Waals surface area contributed by atoms with E-state index in [1.165, 1.54) is 7.05 Å². The first-order chi connectivity index (χ1) is 9.39. The molecule has 20 heavy (non-hydrogen) atoms. The monoisotopic (exact) mass is 289 g/mol. The zero-order valence-corrected chi connectivity index (χ0v) is 11.5. The molecule has 1 heterocycles. The van der Waals surface area contributed by atoms with E-state index in [2.05, 4.69) is 5.32 Å². The van der Waals surface area contributed by atoms with Crippen molar-refractivity contribution in [2.75, 3.05) is 20.3 Å².